The smallest absolute Gasteiger partial charge is 0.422 e. The molecular weight excluding hydrogens is 321 g/mol. The number of nitriles is 3. The zero-order chi connectivity index (χ0) is 16.8. The fraction of sp³-hybridized carbons (Fsp3) is 0.154. The van der Waals surface area contributed by atoms with Gasteiger partial charge in [-0.05, 0) is 18.2 Å². The second kappa shape index (κ2) is 7.21. The lowest BCUT2D eigenvalue weighted by atomic mass is 10.2. The van der Waals surface area contributed by atoms with E-state index in [1.807, 2.05) is 0 Å². The summed E-state index contributed by atoms with van der Waals surface area (Å²) in [5.41, 5.74) is -0.523. The van der Waals surface area contributed by atoms with Crippen LogP contribution in [0.3, 0.4) is 0 Å². The summed E-state index contributed by atoms with van der Waals surface area (Å²) in [6.07, 6.45) is -4.49. The van der Waals surface area contributed by atoms with Crippen molar-refractivity contribution in [1.29, 1.82) is 15.8 Å². The third kappa shape index (κ3) is 4.90. The van der Waals surface area contributed by atoms with Crippen molar-refractivity contribution in [1.82, 2.24) is 0 Å². The maximum absolute atomic E-state index is 12.1. The second-order valence-corrected chi connectivity index (χ2v) is 4.17. The van der Waals surface area contributed by atoms with Crippen molar-refractivity contribution >= 4 is 17.3 Å². The van der Waals surface area contributed by atoms with Gasteiger partial charge in [0.2, 0.25) is 0 Å². The lowest BCUT2D eigenvalue weighted by Gasteiger charge is -2.12. The average Bonchev–Trinajstić information content (AvgIpc) is 2.45. The number of halogens is 4. The van der Waals surface area contributed by atoms with Crippen molar-refractivity contribution in [2.45, 2.75) is 6.18 Å². The van der Waals surface area contributed by atoms with Crippen molar-refractivity contribution < 1.29 is 17.9 Å². The summed E-state index contributed by atoms with van der Waals surface area (Å²) in [6.45, 7) is -1.49. The summed E-state index contributed by atoms with van der Waals surface area (Å²) in [5, 5.41) is 28.6. The van der Waals surface area contributed by atoms with Gasteiger partial charge in [-0.3, -0.25) is 0 Å². The molecule has 0 aliphatic rings. The van der Waals surface area contributed by atoms with Gasteiger partial charge >= 0.3 is 6.18 Å². The molecular formula is C13H6ClF3N4O. The van der Waals surface area contributed by atoms with E-state index in [1.54, 1.807) is 6.07 Å². The number of nitrogens with one attached hydrogen (secondary N) is 1. The molecule has 112 valence electrons. The Balaban J connectivity index is 2.96. The lowest BCUT2D eigenvalue weighted by Crippen LogP contribution is -2.19. The molecule has 0 aliphatic heterocycles. The predicted molar refractivity (Wildman–Crippen MR) is 70.5 cm³/mol. The van der Waals surface area contributed by atoms with E-state index >= 15 is 0 Å². The van der Waals surface area contributed by atoms with Gasteiger partial charge in [0.25, 0.3) is 0 Å². The van der Waals surface area contributed by atoms with Gasteiger partial charge in [-0.2, -0.15) is 29.0 Å². The van der Waals surface area contributed by atoms with Gasteiger partial charge in [-0.1, -0.05) is 11.6 Å². The molecule has 22 heavy (non-hydrogen) atoms. The number of allylic oxidation sites excluding steroid dienone is 2. The van der Waals surface area contributed by atoms with E-state index in [9.17, 15) is 13.2 Å². The van der Waals surface area contributed by atoms with Crippen LogP contribution in [0.25, 0.3) is 0 Å². The molecule has 0 aliphatic carbocycles. The Labute approximate surface area is 128 Å². The molecule has 1 rings (SSSR count). The molecule has 1 N–H and O–H groups in total. The van der Waals surface area contributed by atoms with E-state index in [1.165, 1.54) is 30.3 Å². The number of ether oxygens (including phenoxy) is 1. The van der Waals surface area contributed by atoms with Crippen molar-refractivity contribution in [3.63, 3.8) is 0 Å². The summed E-state index contributed by atoms with van der Waals surface area (Å²) in [5.74, 6) is -0.187. The van der Waals surface area contributed by atoms with Gasteiger partial charge in [0, 0.05) is 5.69 Å². The van der Waals surface area contributed by atoms with E-state index in [4.69, 9.17) is 27.4 Å². The van der Waals surface area contributed by atoms with Gasteiger partial charge in [-0.15, -0.1) is 0 Å². The van der Waals surface area contributed by atoms with Crippen molar-refractivity contribution in [3.8, 4) is 24.0 Å². The largest absolute Gasteiger partial charge is 0.483 e. The number of alkyl halides is 3. The Kier molecular flexibility index (Phi) is 5.63. The maximum atomic E-state index is 12.1. The Morgan fingerprint density at radius 1 is 1.18 bits per heavy atom. The van der Waals surface area contributed by atoms with Crippen LogP contribution in [0.4, 0.5) is 18.9 Å². The quantitative estimate of drug-likeness (QED) is 0.854. The van der Waals surface area contributed by atoms with Gasteiger partial charge in [0.15, 0.2) is 12.2 Å². The minimum Gasteiger partial charge on any atom is -0.483 e. The van der Waals surface area contributed by atoms with Crippen LogP contribution < -0.4 is 10.1 Å². The zero-order valence-electron chi connectivity index (χ0n) is 10.7. The first-order chi connectivity index (χ1) is 10.3. The normalized spacial score (nSPS) is 9.86. The highest BCUT2D eigenvalue weighted by Crippen LogP contribution is 2.29. The fourth-order valence-electron chi connectivity index (χ4n) is 1.28. The van der Waals surface area contributed by atoms with Gasteiger partial charge < -0.3 is 10.1 Å². The minimum atomic E-state index is -4.49. The molecule has 0 bridgehead atoms. The molecule has 0 radical (unpaired) electrons. The first-order valence-electron chi connectivity index (χ1n) is 5.51. The molecule has 0 aromatic heterocycles. The number of nitrogens with zero attached hydrogens (tertiary/aromatic N) is 3. The zero-order valence-corrected chi connectivity index (χ0v) is 11.5. The van der Waals surface area contributed by atoms with E-state index in [2.05, 4.69) is 10.1 Å². The van der Waals surface area contributed by atoms with E-state index in [0.717, 1.165) is 0 Å². The molecule has 5 nitrogen and oxygen atoms in total. The molecule has 0 heterocycles. The van der Waals surface area contributed by atoms with Gasteiger partial charge in [0.1, 0.15) is 29.7 Å². The van der Waals surface area contributed by atoms with Gasteiger partial charge in [0.05, 0.1) is 5.02 Å². The van der Waals surface area contributed by atoms with Crippen LogP contribution in [0, 0.1) is 34.0 Å². The topological polar surface area (TPSA) is 92.6 Å². The van der Waals surface area contributed by atoms with E-state index in [0.29, 0.717) is 0 Å². The Morgan fingerprint density at radius 3 is 2.27 bits per heavy atom. The summed E-state index contributed by atoms with van der Waals surface area (Å²) >= 11 is 5.77. The number of benzene rings is 1. The molecule has 0 amide bonds. The highest BCUT2D eigenvalue weighted by atomic mass is 35.5. The molecule has 9 heteroatoms. The first kappa shape index (κ1) is 17.2. The molecule has 1 aromatic carbocycles. The summed E-state index contributed by atoms with van der Waals surface area (Å²) in [6, 6.07) is 8.37. The van der Waals surface area contributed by atoms with Gasteiger partial charge in [-0.25, -0.2) is 0 Å². The SMILES string of the molecule is N#CC(C#N)=C(C#N)Nc1ccc(OCC(F)(F)F)c(Cl)c1. The molecule has 0 saturated heterocycles. The van der Waals surface area contributed by atoms with E-state index in [-0.39, 0.29) is 22.2 Å². The van der Waals surface area contributed by atoms with Crippen LogP contribution in [0.1, 0.15) is 0 Å². The predicted octanol–water partition coefficient (Wildman–Crippen LogP) is 3.52. The first-order valence-corrected chi connectivity index (χ1v) is 5.89. The highest BCUT2D eigenvalue weighted by Gasteiger charge is 2.28. The number of hydrogen-bond acceptors (Lipinski definition) is 5. The fourth-order valence-corrected chi connectivity index (χ4v) is 1.52. The van der Waals surface area contributed by atoms with E-state index < -0.39 is 18.4 Å². The third-order valence-electron chi connectivity index (χ3n) is 2.18. The lowest BCUT2D eigenvalue weighted by molar-refractivity contribution is -0.153. The van der Waals surface area contributed by atoms with Crippen LogP contribution in [-0.2, 0) is 0 Å². The van der Waals surface area contributed by atoms with Crippen LogP contribution in [0.2, 0.25) is 5.02 Å². The van der Waals surface area contributed by atoms with Crippen molar-refractivity contribution in [2.75, 3.05) is 11.9 Å². The number of hydrogen-bond donors (Lipinski definition) is 1. The molecule has 0 spiro atoms. The van der Waals surface area contributed by atoms with Crippen molar-refractivity contribution in [2.24, 2.45) is 0 Å². The third-order valence-corrected chi connectivity index (χ3v) is 2.47. The molecule has 0 unspecified atom stereocenters. The average molecular weight is 327 g/mol. The molecule has 0 fully saturated rings. The maximum Gasteiger partial charge on any atom is 0.422 e. The van der Waals surface area contributed by atoms with Crippen LogP contribution in [-0.4, -0.2) is 12.8 Å². The minimum absolute atomic E-state index is 0.123. The highest BCUT2D eigenvalue weighted by molar-refractivity contribution is 6.32. The molecule has 1 aromatic rings. The summed E-state index contributed by atoms with van der Waals surface area (Å²) in [7, 11) is 0. The van der Waals surface area contributed by atoms with Crippen molar-refractivity contribution in [3.05, 3.63) is 34.5 Å². The number of anilines is 1. The number of rotatable bonds is 4. The van der Waals surface area contributed by atoms with Crippen LogP contribution >= 0.6 is 11.6 Å². The monoisotopic (exact) mass is 326 g/mol. The standard InChI is InChI=1S/C13H6ClF3N4O/c14-10-3-9(21-11(6-20)8(4-18)5-19)1-2-12(10)22-7-13(15,16)17/h1-3,21H,7H2. The molecule has 0 atom stereocenters. The Morgan fingerprint density at radius 2 is 1.82 bits per heavy atom. The Bertz CT molecular complexity index is 707. The second-order valence-electron chi connectivity index (χ2n) is 3.76. The summed E-state index contributed by atoms with van der Waals surface area (Å²) in [4.78, 5) is 0. The van der Waals surface area contributed by atoms with Crippen LogP contribution in [0.5, 0.6) is 5.75 Å². The van der Waals surface area contributed by atoms with Crippen LogP contribution in [0.15, 0.2) is 29.5 Å². The summed E-state index contributed by atoms with van der Waals surface area (Å²) < 4.78 is 40.7. The molecule has 0 saturated carbocycles. The Hall–Kier alpha value is -2.89.